The van der Waals surface area contributed by atoms with Crippen molar-refractivity contribution in [2.45, 2.75) is 63.3 Å². The van der Waals surface area contributed by atoms with Crippen molar-refractivity contribution in [2.75, 3.05) is 19.6 Å². The Morgan fingerprint density at radius 2 is 1.83 bits per heavy atom. The van der Waals surface area contributed by atoms with Crippen molar-refractivity contribution in [3.8, 4) is 0 Å². The summed E-state index contributed by atoms with van der Waals surface area (Å²) in [5.41, 5.74) is 4.22. The predicted octanol–water partition coefficient (Wildman–Crippen LogP) is 5.55. The molecule has 0 saturated carbocycles. The molecule has 0 N–H and O–H groups in total. The van der Waals surface area contributed by atoms with Gasteiger partial charge in [-0.2, -0.15) is 11.8 Å². The first kappa shape index (κ1) is 19.1. The maximum atomic E-state index is 6.01. The zero-order valence-electron chi connectivity index (χ0n) is 15.3. The van der Waals surface area contributed by atoms with Crippen LogP contribution in [0.1, 0.15) is 57.2 Å². The molecule has 0 aromatic heterocycles. The van der Waals surface area contributed by atoms with Gasteiger partial charge in [-0.15, -0.1) is 11.6 Å². The second kappa shape index (κ2) is 8.78. The first-order valence-corrected chi connectivity index (χ1v) is 10.4. The van der Waals surface area contributed by atoms with Crippen LogP contribution in [0.15, 0.2) is 18.2 Å². The van der Waals surface area contributed by atoms with Crippen LogP contribution in [0, 0.1) is 5.92 Å². The van der Waals surface area contributed by atoms with Crippen molar-refractivity contribution < 1.29 is 0 Å². The van der Waals surface area contributed by atoms with E-state index in [9.17, 15) is 0 Å². The molecule has 0 amide bonds. The van der Waals surface area contributed by atoms with Crippen LogP contribution in [0.5, 0.6) is 0 Å². The second-order valence-corrected chi connectivity index (χ2v) is 9.76. The Bertz CT molecular complexity index is 492. The topological polar surface area (TPSA) is 3.24 Å². The summed E-state index contributed by atoms with van der Waals surface area (Å²) in [6.07, 6.45) is 1.17. The minimum atomic E-state index is 0.562. The monoisotopic (exact) mass is 353 g/mol. The van der Waals surface area contributed by atoms with Gasteiger partial charge in [0.15, 0.2) is 0 Å². The molecule has 0 bridgehead atoms. The molecule has 3 heteroatoms. The Morgan fingerprint density at radius 1 is 1.17 bits per heavy atom. The van der Waals surface area contributed by atoms with Crippen molar-refractivity contribution in [3.05, 3.63) is 34.9 Å². The molecular formula is C20H32ClNS. The third-order valence-corrected chi connectivity index (χ3v) is 6.16. The first-order valence-electron chi connectivity index (χ1n) is 8.94. The number of hydrogen-bond donors (Lipinski definition) is 0. The number of thioether (sulfide) groups is 1. The summed E-state index contributed by atoms with van der Waals surface area (Å²) in [6, 6.07) is 6.81. The van der Waals surface area contributed by atoms with Crippen LogP contribution in [0.2, 0.25) is 0 Å². The highest BCUT2D eigenvalue weighted by molar-refractivity contribution is 8.00. The van der Waals surface area contributed by atoms with E-state index in [2.05, 4.69) is 69.5 Å². The lowest BCUT2D eigenvalue weighted by molar-refractivity contribution is 0.234. The van der Waals surface area contributed by atoms with Crippen molar-refractivity contribution >= 4 is 23.4 Å². The van der Waals surface area contributed by atoms with E-state index in [4.69, 9.17) is 11.6 Å². The smallest absolute Gasteiger partial charge is 0.0474 e. The lowest BCUT2D eigenvalue weighted by atomic mass is 9.90. The molecule has 1 aliphatic rings. The summed E-state index contributed by atoms with van der Waals surface area (Å²) >= 11 is 8.14. The fourth-order valence-corrected chi connectivity index (χ4v) is 5.32. The molecule has 23 heavy (non-hydrogen) atoms. The van der Waals surface area contributed by atoms with Crippen LogP contribution in [0.4, 0.5) is 0 Å². The maximum Gasteiger partial charge on any atom is 0.0474 e. The number of benzene rings is 1. The van der Waals surface area contributed by atoms with E-state index < -0.39 is 0 Å². The molecule has 3 unspecified atom stereocenters. The highest BCUT2D eigenvalue weighted by Crippen LogP contribution is 2.27. The summed E-state index contributed by atoms with van der Waals surface area (Å²) in [4.78, 5) is 2.67. The van der Waals surface area contributed by atoms with Crippen LogP contribution < -0.4 is 0 Å². The van der Waals surface area contributed by atoms with Gasteiger partial charge in [0.1, 0.15) is 0 Å². The molecule has 1 aromatic rings. The largest absolute Gasteiger partial charge is 0.301 e. The number of halogens is 1. The van der Waals surface area contributed by atoms with Gasteiger partial charge in [0.05, 0.1) is 0 Å². The van der Waals surface area contributed by atoms with Gasteiger partial charge in [0.2, 0.25) is 0 Å². The molecule has 0 spiro atoms. The molecule has 1 aromatic carbocycles. The molecule has 0 aliphatic carbocycles. The minimum absolute atomic E-state index is 0.562. The molecule has 1 aliphatic heterocycles. The number of rotatable bonds is 6. The van der Waals surface area contributed by atoms with Gasteiger partial charge in [-0.05, 0) is 34.9 Å². The van der Waals surface area contributed by atoms with E-state index in [1.165, 1.54) is 42.7 Å². The average Bonchev–Trinajstić information content (AvgIpc) is 2.46. The zero-order valence-corrected chi connectivity index (χ0v) is 16.9. The van der Waals surface area contributed by atoms with E-state index >= 15 is 0 Å². The Labute approximate surface area is 152 Å². The molecular weight excluding hydrogens is 322 g/mol. The summed E-state index contributed by atoms with van der Waals surface area (Å²) in [6.45, 7) is 15.4. The van der Waals surface area contributed by atoms with Crippen LogP contribution in [-0.4, -0.2) is 35.0 Å². The minimum Gasteiger partial charge on any atom is -0.301 e. The molecule has 1 nitrogen and oxygen atoms in total. The van der Waals surface area contributed by atoms with Crippen molar-refractivity contribution in [1.29, 1.82) is 0 Å². The fourth-order valence-electron chi connectivity index (χ4n) is 3.77. The molecule has 1 saturated heterocycles. The lowest BCUT2D eigenvalue weighted by Crippen LogP contribution is -2.42. The summed E-state index contributed by atoms with van der Waals surface area (Å²) < 4.78 is 0. The van der Waals surface area contributed by atoms with Crippen molar-refractivity contribution in [1.82, 2.24) is 4.90 Å². The van der Waals surface area contributed by atoms with Gasteiger partial charge in [0, 0.05) is 36.0 Å². The number of hydrogen-bond acceptors (Lipinski definition) is 2. The number of nitrogens with zero attached hydrogens (tertiary/aromatic N) is 1. The van der Waals surface area contributed by atoms with Gasteiger partial charge < -0.3 is 4.90 Å². The van der Waals surface area contributed by atoms with Crippen LogP contribution in [0.25, 0.3) is 0 Å². The third kappa shape index (κ3) is 5.69. The SMILES string of the molecule is CC(Cc1ccc(CCl)cc1C(C)C)CN1CC(C)SC(C)C1. The van der Waals surface area contributed by atoms with E-state index in [1.807, 2.05) is 0 Å². The van der Waals surface area contributed by atoms with Crippen LogP contribution in [-0.2, 0) is 12.3 Å². The third-order valence-electron chi connectivity index (χ3n) is 4.62. The lowest BCUT2D eigenvalue weighted by Gasteiger charge is -2.36. The predicted molar refractivity (Wildman–Crippen MR) is 106 cm³/mol. The van der Waals surface area contributed by atoms with Gasteiger partial charge >= 0.3 is 0 Å². The Balaban J connectivity index is 2.00. The maximum absolute atomic E-state index is 6.01. The highest BCUT2D eigenvalue weighted by Gasteiger charge is 2.23. The van der Waals surface area contributed by atoms with Gasteiger partial charge in [0.25, 0.3) is 0 Å². The van der Waals surface area contributed by atoms with E-state index in [1.54, 1.807) is 0 Å². The van der Waals surface area contributed by atoms with Crippen molar-refractivity contribution in [2.24, 2.45) is 5.92 Å². The number of alkyl halides is 1. The van der Waals surface area contributed by atoms with Crippen molar-refractivity contribution in [3.63, 3.8) is 0 Å². The first-order chi connectivity index (χ1) is 10.9. The fraction of sp³-hybridized carbons (Fsp3) is 0.700. The summed E-state index contributed by atoms with van der Waals surface area (Å²) in [5.74, 6) is 1.86. The van der Waals surface area contributed by atoms with E-state index in [0.29, 0.717) is 17.7 Å². The standard InChI is InChI=1S/C20H32ClNS/c1-14(2)20-9-18(10-21)6-7-19(20)8-15(3)11-22-12-16(4)23-17(5)13-22/h6-7,9,14-17H,8,10-13H2,1-5H3. The van der Waals surface area contributed by atoms with Gasteiger partial charge in [-0.25, -0.2) is 0 Å². The van der Waals surface area contributed by atoms with Crippen LogP contribution >= 0.6 is 23.4 Å². The Kier molecular flexibility index (Phi) is 7.31. The Hall–Kier alpha value is -0.180. The normalized spacial score (nSPS) is 24.1. The molecule has 1 heterocycles. The second-order valence-electron chi connectivity index (χ2n) is 7.61. The molecule has 1 fully saturated rings. The van der Waals surface area contributed by atoms with Gasteiger partial charge in [-0.3, -0.25) is 0 Å². The highest BCUT2D eigenvalue weighted by atomic mass is 35.5. The molecule has 130 valence electrons. The molecule has 3 atom stereocenters. The summed E-state index contributed by atoms with van der Waals surface area (Å²) in [5, 5.41) is 1.53. The zero-order chi connectivity index (χ0) is 17.0. The van der Waals surface area contributed by atoms with Gasteiger partial charge in [-0.1, -0.05) is 52.8 Å². The molecule has 0 radical (unpaired) electrons. The molecule has 2 rings (SSSR count). The summed E-state index contributed by atoms with van der Waals surface area (Å²) in [7, 11) is 0. The van der Waals surface area contributed by atoms with E-state index in [-0.39, 0.29) is 0 Å². The van der Waals surface area contributed by atoms with E-state index in [0.717, 1.165) is 10.5 Å². The average molecular weight is 354 g/mol. The Morgan fingerprint density at radius 3 is 2.39 bits per heavy atom. The quantitative estimate of drug-likeness (QED) is 0.616. The van der Waals surface area contributed by atoms with Crippen LogP contribution in [0.3, 0.4) is 0 Å².